The summed E-state index contributed by atoms with van der Waals surface area (Å²) in [5.41, 5.74) is 5.20. The van der Waals surface area contributed by atoms with Crippen molar-refractivity contribution in [2.24, 2.45) is 0 Å². The zero-order chi connectivity index (χ0) is 21.5. The van der Waals surface area contributed by atoms with Gasteiger partial charge in [-0.25, -0.2) is 4.98 Å². The minimum Gasteiger partial charge on any atom is -0.378 e. The fourth-order valence-electron chi connectivity index (χ4n) is 4.51. The molecule has 4 N–H and O–H groups in total. The first-order valence-electron chi connectivity index (χ1n) is 11.1. The molecule has 9 nitrogen and oxygen atoms in total. The fraction of sp³-hybridized carbons (Fsp3) is 0.348. The van der Waals surface area contributed by atoms with Crippen molar-refractivity contribution in [2.75, 3.05) is 44.3 Å². The van der Waals surface area contributed by atoms with Gasteiger partial charge in [0.1, 0.15) is 5.69 Å². The number of H-pyrrole nitrogens is 2. The summed E-state index contributed by atoms with van der Waals surface area (Å²) >= 11 is 0. The highest BCUT2D eigenvalue weighted by Crippen LogP contribution is 2.29. The maximum atomic E-state index is 12.7. The van der Waals surface area contributed by atoms with Crippen LogP contribution in [0.15, 0.2) is 36.4 Å². The van der Waals surface area contributed by atoms with Crippen LogP contribution in [0.5, 0.6) is 0 Å². The van der Waals surface area contributed by atoms with Gasteiger partial charge in [-0.2, -0.15) is 5.10 Å². The topological polar surface area (TPSA) is 111 Å². The number of benzene rings is 2. The summed E-state index contributed by atoms with van der Waals surface area (Å²) in [7, 11) is 0. The Morgan fingerprint density at radius 1 is 1.12 bits per heavy atom. The number of anilines is 1. The molecule has 0 aliphatic carbocycles. The maximum absolute atomic E-state index is 12.7. The monoisotopic (exact) mass is 431 g/mol. The molecular formula is C23H25N7O2. The molecule has 1 amide bonds. The molecule has 0 bridgehead atoms. The first-order chi connectivity index (χ1) is 15.7. The number of aromatic nitrogens is 4. The highest BCUT2D eigenvalue weighted by molar-refractivity contribution is 6.01. The molecule has 32 heavy (non-hydrogen) atoms. The number of nitrogens with zero attached hydrogens (tertiary/aromatic N) is 3. The van der Waals surface area contributed by atoms with Crippen LogP contribution >= 0.6 is 0 Å². The Bertz CT molecular complexity index is 1280. The Balaban J connectivity index is 1.32. The molecule has 2 aliphatic heterocycles. The number of hydrogen-bond acceptors (Lipinski definition) is 6. The minimum absolute atomic E-state index is 0.0625. The van der Waals surface area contributed by atoms with E-state index in [2.05, 4.69) is 42.8 Å². The lowest BCUT2D eigenvalue weighted by Crippen LogP contribution is -2.36. The highest BCUT2D eigenvalue weighted by atomic mass is 16.5. The molecule has 6 rings (SSSR count). The fourth-order valence-corrected chi connectivity index (χ4v) is 4.51. The summed E-state index contributed by atoms with van der Waals surface area (Å²) in [6.45, 7) is 5.03. The maximum Gasteiger partial charge on any atom is 0.251 e. The minimum atomic E-state index is -0.0625. The number of nitrogens with one attached hydrogen (secondary N) is 4. The predicted octanol–water partition coefficient (Wildman–Crippen LogP) is 2.03. The van der Waals surface area contributed by atoms with E-state index in [1.165, 1.54) is 0 Å². The van der Waals surface area contributed by atoms with Gasteiger partial charge in [0, 0.05) is 42.3 Å². The van der Waals surface area contributed by atoms with Crippen LogP contribution in [0, 0.1) is 0 Å². The van der Waals surface area contributed by atoms with Crippen molar-refractivity contribution in [3.05, 3.63) is 42.0 Å². The van der Waals surface area contributed by atoms with Gasteiger partial charge < -0.3 is 25.3 Å². The molecule has 1 atom stereocenters. The van der Waals surface area contributed by atoms with E-state index in [1.54, 1.807) is 0 Å². The SMILES string of the molecule is O=C(N[C@@H]1CCNC1)c1ccc2[nH]nc(-c3nc4ccc(N5CCOCC5)cc4[nH]3)c2c1. The van der Waals surface area contributed by atoms with E-state index < -0.39 is 0 Å². The van der Waals surface area contributed by atoms with E-state index in [0.717, 1.165) is 73.4 Å². The zero-order valence-corrected chi connectivity index (χ0v) is 17.6. The number of aromatic amines is 2. The molecule has 4 aromatic rings. The van der Waals surface area contributed by atoms with Gasteiger partial charge in [-0.1, -0.05) is 0 Å². The van der Waals surface area contributed by atoms with Gasteiger partial charge >= 0.3 is 0 Å². The Morgan fingerprint density at radius 2 is 2.03 bits per heavy atom. The Kier molecular flexibility index (Phi) is 4.77. The molecule has 0 saturated carbocycles. The number of ether oxygens (including phenoxy) is 1. The van der Waals surface area contributed by atoms with Gasteiger partial charge in [0.05, 0.1) is 29.8 Å². The van der Waals surface area contributed by atoms with E-state index in [0.29, 0.717) is 17.1 Å². The van der Waals surface area contributed by atoms with Gasteiger partial charge in [0.15, 0.2) is 5.82 Å². The van der Waals surface area contributed by atoms with Crippen LogP contribution in [-0.2, 0) is 4.74 Å². The number of amides is 1. The second kappa shape index (κ2) is 7.92. The Hall–Kier alpha value is -3.43. The van der Waals surface area contributed by atoms with E-state index in [1.807, 2.05) is 24.3 Å². The van der Waals surface area contributed by atoms with Gasteiger partial charge in [0.25, 0.3) is 5.91 Å². The first kappa shape index (κ1) is 19.3. The van der Waals surface area contributed by atoms with Gasteiger partial charge in [-0.3, -0.25) is 9.89 Å². The van der Waals surface area contributed by atoms with Crippen LogP contribution < -0.4 is 15.5 Å². The number of rotatable bonds is 4. The number of hydrogen-bond donors (Lipinski definition) is 4. The number of morpholine rings is 1. The summed E-state index contributed by atoms with van der Waals surface area (Å²) in [5.74, 6) is 0.621. The van der Waals surface area contributed by atoms with Crippen LogP contribution in [0.1, 0.15) is 16.8 Å². The van der Waals surface area contributed by atoms with Crippen LogP contribution in [0.4, 0.5) is 5.69 Å². The highest BCUT2D eigenvalue weighted by Gasteiger charge is 2.20. The summed E-state index contributed by atoms with van der Waals surface area (Å²) in [5, 5.41) is 14.8. The molecule has 0 spiro atoms. The number of carbonyl (C=O) groups excluding carboxylic acids is 1. The van der Waals surface area contributed by atoms with Crippen molar-refractivity contribution in [1.82, 2.24) is 30.8 Å². The summed E-state index contributed by atoms with van der Waals surface area (Å²) in [4.78, 5) is 23.2. The third-order valence-electron chi connectivity index (χ3n) is 6.29. The molecule has 2 aliphatic rings. The molecular weight excluding hydrogens is 406 g/mol. The van der Waals surface area contributed by atoms with E-state index >= 15 is 0 Å². The third kappa shape index (κ3) is 3.49. The van der Waals surface area contributed by atoms with Gasteiger partial charge in [-0.15, -0.1) is 0 Å². The van der Waals surface area contributed by atoms with E-state index in [-0.39, 0.29) is 11.9 Å². The zero-order valence-electron chi connectivity index (χ0n) is 17.6. The summed E-state index contributed by atoms with van der Waals surface area (Å²) < 4.78 is 5.46. The van der Waals surface area contributed by atoms with Crippen LogP contribution in [0.3, 0.4) is 0 Å². The second-order valence-corrected chi connectivity index (χ2v) is 8.38. The van der Waals surface area contributed by atoms with Crippen LogP contribution in [0.2, 0.25) is 0 Å². The van der Waals surface area contributed by atoms with Crippen molar-refractivity contribution >= 4 is 33.5 Å². The second-order valence-electron chi connectivity index (χ2n) is 8.38. The van der Waals surface area contributed by atoms with Gasteiger partial charge in [0.2, 0.25) is 0 Å². The van der Waals surface area contributed by atoms with Crippen LogP contribution in [0.25, 0.3) is 33.5 Å². The largest absolute Gasteiger partial charge is 0.378 e. The van der Waals surface area contributed by atoms with E-state index in [9.17, 15) is 4.79 Å². The summed E-state index contributed by atoms with van der Waals surface area (Å²) in [6, 6.07) is 12.0. The predicted molar refractivity (Wildman–Crippen MR) is 123 cm³/mol. The van der Waals surface area contributed by atoms with Crippen molar-refractivity contribution in [3.63, 3.8) is 0 Å². The molecule has 2 saturated heterocycles. The number of imidazole rings is 1. The van der Waals surface area contributed by atoms with Crippen molar-refractivity contribution < 1.29 is 9.53 Å². The average Bonchev–Trinajstić information content (AvgIpc) is 3.57. The van der Waals surface area contributed by atoms with Crippen molar-refractivity contribution in [2.45, 2.75) is 12.5 Å². The molecule has 2 aromatic heterocycles. The summed E-state index contributed by atoms with van der Waals surface area (Å²) in [6.07, 6.45) is 0.955. The molecule has 0 unspecified atom stereocenters. The average molecular weight is 432 g/mol. The van der Waals surface area contributed by atoms with Crippen molar-refractivity contribution in [3.8, 4) is 11.5 Å². The number of fused-ring (bicyclic) bond motifs is 2. The normalized spacial score (nSPS) is 19.1. The Labute approximate surface area is 184 Å². The quantitative estimate of drug-likeness (QED) is 0.394. The van der Waals surface area contributed by atoms with Crippen LogP contribution in [-0.4, -0.2) is 71.5 Å². The molecule has 0 radical (unpaired) electrons. The first-order valence-corrected chi connectivity index (χ1v) is 11.1. The third-order valence-corrected chi connectivity index (χ3v) is 6.29. The lowest BCUT2D eigenvalue weighted by Gasteiger charge is -2.28. The standard InChI is InChI=1S/C23H25N7O2/c31-23(25-15-5-6-24-13-15)14-1-3-18-17(11-14)21(29-28-18)22-26-19-4-2-16(12-20(19)27-22)30-7-9-32-10-8-30/h1-4,11-12,15,24H,5-10,13H2,(H,25,31)(H,26,27)(H,28,29)/t15-/m1/s1. The lowest BCUT2D eigenvalue weighted by molar-refractivity contribution is 0.0940. The smallest absolute Gasteiger partial charge is 0.251 e. The lowest BCUT2D eigenvalue weighted by atomic mass is 10.1. The van der Waals surface area contributed by atoms with Gasteiger partial charge in [-0.05, 0) is 49.4 Å². The molecule has 2 aromatic carbocycles. The molecule has 2 fully saturated rings. The van der Waals surface area contributed by atoms with Crippen molar-refractivity contribution in [1.29, 1.82) is 0 Å². The molecule has 164 valence electrons. The van der Waals surface area contributed by atoms with E-state index in [4.69, 9.17) is 9.72 Å². The molecule has 4 heterocycles. The molecule has 9 heteroatoms. The number of carbonyl (C=O) groups is 1. The Morgan fingerprint density at radius 3 is 2.88 bits per heavy atom.